The Morgan fingerprint density at radius 1 is 1.18 bits per heavy atom. The van der Waals surface area contributed by atoms with E-state index in [1.54, 1.807) is 11.3 Å². The SMILES string of the molecule is CS(=O)(=O)N1CCCC(C(=O)Nc2ccc(-c3nc4ccccc4s3)cc2)C1. The van der Waals surface area contributed by atoms with Gasteiger partial charge in [0.05, 0.1) is 22.4 Å². The van der Waals surface area contributed by atoms with Gasteiger partial charge in [-0.05, 0) is 49.2 Å². The Morgan fingerprint density at radius 2 is 1.93 bits per heavy atom. The first-order valence-corrected chi connectivity index (χ1v) is 11.8. The van der Waals surface area contributed by atoms with Crippen molar-refractivity contribution in [3.8, 4) is 10.6 Å². The van der Waals surface area contributed by atoms with E-state index in [1.807, 2.05) is 42.5 Å². The maximum Gasteiger partial charge on any atom is 0.228 e. The van der Waals surface area contributed by atoms with Crippen LogP contribution in [0.3, 0.4) is 0 Å². The number of benzene rings is 2. The average Bonchev–Trinajstić information content (AvgIpc) is 3.12. The summed E-state index contributed by atoms with van der Waals surface area (Å²) in [6.07, 6.45) is 2.58. The van der Waals surface area contributed by atoms with Crippen molar-refractivity contribution in [2.75, 3.05) is 24.7 Å². The molecule has 4 rings (SSSR count). The summed E-state index contributed by atoms with van der Waals surface area (Å²) in [7, 11) is -3.27. The Labute approximate surface area is 168 Å². The van der Waals surface area contributed by atoms with Crippen molar-refractivity contribution < 1.29 is 13.2 Å². The molecule has 1 saturated heterocycles. The van der Waals surface area contributed by atoms with E-state index in [0.717, 1.165) is 20.8 Å². The number of para-hydroxylation sites is 1. The first-order chi connectivity index (χ1) is 13.4. The molecule has 1 aliphatic rings. The number of aromatic nitrogens is 1. The first kappa shape index (κ1) is 19.0. The standard InChI is InChI=1S/C20H21N3O3S2/c1-28(25,26)23-12-4-5-15(13-23)19(24)21-16-10-8-14(9-11-16)20-22-17-6-2-3-7-18(17)27-20/h2-3,6-11,15H,4-5,12-13H2,1H3,(H,21,24). The van der Waals surface area contributed by atoms with Crippen LogP contribution in [0, 0.1) is 5.92 Å². The van der Waals surface area contributed by atoms with Crippen LogP contribution in [0.25, 0.3) is 20.8 Å². The second-order valence-electron chi connectivity index (χ2n) is 7.01. The van der Waals surface area contributed by atoms with Gasteiger partial charge in [-0.25, -0.2) is 17.7 Å². The van der Waals surface area contributed by atoms with Crippen LogP contribution < -0.4 is 5.32 Å². The maximum atomic E-state index is 12.6. The number of carbonyl (C=O) groups excluding carboxylic acids is 1. The van der Waals surface area contributed by atoms with E-state index in [9.17, 15) is 13.2 Å². The van der Waals surface area contributed by atoms with Crippen molar-refractivity contribution in [3.63, 3.8) is 0 Å². The van der Waals surface area contributed by atoms with Crippen molar-refractivity contribution >= 4 is 43.2 Å². The molecule has 1 aliphatic heterocycles. The fourth-order valence-corrected chi connectivity index (χ4v) is 5.28. The molecule has 1 N–H and O–H groups in total. The summed E-state index contributed by atoms with van der Waals surface area (Å²) in [4.78, 5) is 17.2. The van der Waals surface area contributed by atoms with E-state index in [2.05, 4.69) is 16.4 Å². The Morgan fingerprint density at radius 3 is 2.64 bits per heavy atom. The molecule has 0 bridgehead atoms. The highest BCUT2D eigenvalue weighted by atomic mass is 32.2. The molecule has 0 saturated carbocycles. The molecule has 28 heavy (non-hydrogen) atoms. The van der Waals surface area contributed by atoms with Crippen molar-refractivity contribution in [2.45, 2.75) is 12.8 Å². The van der Waals surface area contributed by atoms with Crippen LogP contribution in [-0.4, -0.2) is 43.0 Å². The minimum Gasteiger partial charge on any atom is -0.326 e. The van der Waals surface area contributed by atoms with Gasteiger partial charge in [-0.1, -0.05) is 12.1 Å². The lowest BCUT2D eigenvalue weighted by atomic mass is 9.98. The molecule has 1 aromatic heterocycles. The van der Waals surface area contributed by atoms with Gasteiger partial charge >= 0.3 is 0 Å². The van der Waals surface area contributed by atoms with E-state index < -0.39 is 10.0 Å². The van der Waals surface area contributed by atoms with E-state index in [1.165, 1.54) is 10.6 Å². The predicted molar refractivity (Wildman–Crippen MR) is 113 cm³/mol. The summed E-state index contributed by atoms with van der Waals surface area (Å²) in [5, 5.41) is 3.85. The third kappa shape index (κ3) is 4.09. The zero-order valence-corrected chi connectivity index (χ0v) is 17.1. The Kier molecular flexibility index (Phi) is 5.18. The van der Waals surface area contributed by atoms with Gasteiger partial charge in [0, 0.05) is 24.3 Å². The van der Waals surface area contributed by atoms with Crippen LogP contribution >= 0.6 is 11.3 Å². The summed E-state index contributed by atoms with van der Waals surface area (Å²) in [5.41, 5.74) is 2.68. The number of hydrogen-bond donors (Lipinski definition) is 1. The van der Waals surface area contributed by atoms with Gasteiger partial charge in [0.15, 0.2) is 0 Å². The van der Waals surface area contributed by atoms with Crippen molar-refractivity contribution in [1.82, 2.24) is 9.29 Å². The van der Waals surface area contributed by atoms with Crippen LogP contribution in [0.2, 0.25) is 0 Å². The number of amides is 1. The molecule has 1 unspecified atom stereocenters. The molecule has 3 aromatic rings. The highest BCUT2D eigenvalue weighted by Gasteiger charge is 2.30. The normalized spacial score (nSPS) is 18.2. The topological polar surface area (TPSA) is 79.4 Å². The van der Waals surface area contributed by atoms with Crippen molar-refractivity contribution in [2.24, 2.45) is 5.92 Å². The monoisotopic (exact) mass is 415 g/mol. The molecule has 1 fully saturated rings. The van der Waals surface area contributed by atoms with Crippen LogP contribution in [0.4, 0.5) is 5.69 Å². The van der Waals surface area contributed by atoms with Crippen LogP contribution in [0.1, 0.15) is 12.8 Å². The predicted octanol–water partition coefficient (Wildman–Crippen LogP) is 3.57. The number of rotatable bonds is 4. The zero-order chi connectivity index (χ0) is 19.7. The average molecular weight is 416 g/mol. The summed E-state index contributed by atoms with van der Waals surface area (Å²) in [6, 6.07) is 15.6. The lowest BCUT2D eigenvalue weighted by Gasteiger charge is -2.30. The molecule has 1 atom stereocenters. The number of anilines is 1. The number of hydrogen-bond acceptors (Lipinski definition) is 5. The molecular formula is C20H21N3O3S2. The van der Waals surface area contributed by atoms with Crippen molar-refractivity contribution in [1.29, 1.82) is 0 Å². The Hall–Kier alpha value is -2.29. The molecule has 2 heterocycles. The van der Waals surface area contributed by atoms with Crippen LogP contribution in [0.5, 0.6) is 0 Å². The first-order valence-electron chi connectivity index (χ1n) is 9.12. The highest BCUT2D eigenvalue weighted by molar-refractivity contribution is 7.88. The third-order valence-electron chi connectivity index (χ3n) is 4.92. The van der Waals surface area contributed by atoms with E-state index in [0.29, 0.717) is 25.1 Å². The largest absolute Gasteiger partial charge is 0.326 e. The molecule has 146 valence electrons. The second-order valence-corrected chi connectivity index (χ2v) is 10.0. The highest BCUT2D eigenvalue weighted by Crippen LogP contribution is 2.30. The number of nitrogens with one attached hydrogen (secondary N) is 1. The van der Waals surface area contributed by atoms with Crippen LogP contribution in [0.15, 0.2) is 48.5 Å². The van der Waals surface area contributed by atoms with E-state index in [-0.39, 0.29) is 18.4 Å². The van der Waals surface area contributed by atoms with Gasteiger partial charge in [0.25, 0.3) is 0 Å². The maximum absolute atomic E-state index is 12.6. The molecule has 1 amide bonds. The Balaban J connectivity index is 1.45. The lowest BCUT2D eigenvalue weighted by molar-refractivity contribution is -0.120. The second kappa shape index (κ2) is 7.62. The summed E-state index contributed by atoms with van der Waals surface area (Å²) in [5.74, 6) is -0.464. The summed E-state index contributed by atoms with van der Waals surface area (Å²) in [6.45, 7) is 0.730. The minimum absolute atomic E-state index is 0.138. The lowest BCUT2D eigenvalue weighted by Crippen LogP contribution is -2.43. The number of thiazole rings is 1. The smallest absolute Gasteiger partial charge is 0.228 e. The molecule has 2 aromatic carbocycles. The number of nitrogens with zero attached hydrogens (tertiary/aromatic N) is 2. The van der Waals surface area contributed by atoms with Gasteiger partial charge in [-0.2, -0.15) is 0 Å². The molecule has 0 radical (unpaired) electrons. The molecule has 6 nitrogen and oxygen atoms in total. The fourth-order valence-electron chi connectivity index (χ4n) is 3.39. The summed E-state index contributed by atoms with van der Waals surface area (Å²) < 4.78 is 26.0. The molecule has 0 spiro atoms. The van der Waals surface area contributed by atoms with Gasteiger partial charge < -0.3 is 5.32 Å². The van der Waals surface area contributed by atoms with Gasteiger partial charge in [-0.3, -0.25) is 4.79 Å². The van der Waals surface area contributed by atoms with E-state index >= 15 is 0 Å². The summed E-state index contributed by atoms with van der Waals surface area (Å²) >= 11 is 1.63. The van der Waals surface area contributed by atoms with Gasteiger partial charge in [-0.15, -0.1) is 11.3 Å². The third-order valence-corrected chi connectivity index (χ3v) is 7.27. The van der Waals surface area contributed by atoms with E-state index in [4.69, 9.17) is 0 Å². The van der Waals surface area contributed by atoms with Gasteiger partial charge in [0.1, 0.15) is 5.01 Å². The Bertz CT molecular complexity index is 1070. The molecular weight excluding hydrogens is 394 g/mol. The number of fused-ring (bicyclic) bond motifs is 1. The fraction of sp³-hybridized carbons (Fsp3) is 0.300. The number of piperidine rings is 1. The van der Waals surface area contributed by atoms with Crippen LogP contribution in [-0.2, 0) is 14.8 Å². The van der Waals surface area contributed by atoms with Crippen molar-refractivity contribution in [3.05, 3.63) is 48.5 Å². The molecule has 8 heteroatoms. The quantitative estimate of drug-likeness (QED) is 0.706. The minimum atomic E-state index is -3.27. The number of carbonyl (C=O) groups is 1. The van der Waals surface area contributed by atoms with Gasteiger partial charge in [0.2, 0.25) is 15.9 Å². The molecule has 0 aliphatic carbocycles. The number of sulfonamides is 1. The zero-order valence-electron chi connectivity index (χ0n) is 15.5.